The molecule has 0 unspecified atom stereocenters. The van der Waals surface area contributed by atoms with Gasteiger partial charge in [0.2, 0.25) is 5.97 Å². The van der Waals surface area contributed by atoms with E-state index < -0.39 is 35.5 Å². The number of hydrazone groups is 1. The first-order valence-electron chi connectivity index (χ1n) is 9.32. The number of nitrogens with one attached hydrogen (secondary N) is 1. The Morgan fingerprint density at radius 1 is 1.13 bits per heavy atom. The molecule has 2 aliphatic heterocycles. The van der Waals surface area contributed by atoms with Crippen LogP contribution in [0.1, 0.15) is 29.2 Å². The number of hydrogen-bond acceptors (Lipinski definition) is 4. The summed E-state index contributed by atoms with van der Waals surface area (Å²) in [4.78, 5) is 14.2. The fourth-order valence-electron chi connectivity index (χ4n) is 3.59. The van der Waals surface area contributed by atoms with Crippen LogP contribution in [0.5, 0.6) is 0 Å². The van der Waals surface area contributed by atoms with Crippen molar-refractivity contribution in [2.45, 2.75) is 12.5 Å². The SMILES string of the molecule is N=C(F)c1cc(F)c(C=C2CN(C(=O)N3N=CC[C@H]3c3cc(F)cc(F)c3)C2)cc1N. The van der Waals surface area contributed by atoms with Gasteiger partial charge in [0.1, 0.15) is 17.5 Å². The zero-order valence-corrected chi connectivity index (χ0v) is 16.1. The minimum atomic E-state index is -1.32. The summed E-state index contributed by atoms with van der Waals surface area (Å²) in [6, 6.07) is 4.11. The van der Waals surface area contributed by atoms with Gasteiger partial charge >= 0.3 is 6.03 Å². The lowest BCUT2D eigenvalue weighted by molar-refractivity contribution is 0.136. The molecular formula is C21H17F4N5O. The zero-order valence-electron chi connectivity index (χ0n) is 16.1. The van der Waals surface area contributed by atoms with Gasteiger partial charge in [0.15, 0.2) is 0 Å². The number of carbonyl (C=O) groups excluding carboxylic acids is 1. The van der Waals surface area contributed by atoms with E-state index in [-0.39, 0.29) is 29.9 Å². The molecule has 2 aromatic carbocycles. The minimum Gasteiger partial charge on any atom is -0.398 e. The maximum absolute atomic E-state index is 14.2. The van der Waals surface area contributed by atoms with Crippen molar-refractivity contribution in [3.63, 3.8) is 0 Å². The Labute approximate surface area is 174 Å². The number of nitrogen functional groups attached to an aromatic ring is 1. The Bertz CT molecular complexity index is 1120. The second kappa shape index (κ2) is 7.86. The summed E-state index contributed by atoms with van der Waals surface area (Å²) in [6.45, 7) is 0.407. The molecule has 31 heavy (non-hydrogen) atoms. The summed E-state index contributed by atoms with van der Waals surface area (Å²) in [5.74, 6) is -3.53. The van der Waals surface area contributed by atoms with Crippen molar-refractivity contribution in [1.82, 2.24) is 9.91 Å². The lowest BCUT2D eigenvalue weighted by Crippen LogP contribution is -2.49. The third-order valence-electron chi connectivity index (χ3n) is 5.12. The van der Waals surface area contributed by atoms with Crippen LogP contribution < -0.4 is 5.73 Å². The summed E-state index contributed by atoms with van der Waals surface area (Å²) in [5.41, 5.74) is 6.42. The molecule has 6 nitrogen and oxygen atoms in total. The van der Waals surface area contributed by atoms with Crippen molar-refractivity contribution in [3.8, 4) is 0 Å². The van der Waals surface area contributed by atoms with Gasteiger partial charge in [-0.3, -0.25) is 5.41 Å². The number of benzene rings is 2. The molecule has 1 fully saturated rings. The Kier molecular flexibility index (Phi) is 5.22. The summed E-state index contributed by atoms with van der Waals surface area (Å²) in [5, 5.41) is 12.2. The fourth-order valence-corrected chi connectivity index (χ4v) is 3.59. The van der Waals surface area contributed by atoms with Crippen LogP contribution in [0.25, 0.3) is 6.08 Å². The molecule has 4 rings (SSSR count). The van der Waals surface area contributed by atoms with Crippen molar-refractivity contribution in [2.75, 3.05) is 18.8 Å². The summed E-state index contributed by atoms with van der Waals surface area (Å²) >= 11 is 0. The number of halogens is 4. The number of rotatable bonds is 3. The van der Waals surface area contributed by atoms with Crippen LogP contribution >= 0.6 is 0 Å². The second-order valence-corrected chi connectivity index (χ2v) is 7.31. The molecule has 160 valence electrons. The van der Waals surface area contributed by atoms with Crippen LogP contribution in [0.3, 0.4) is 0 Å². The first kappa shape index (κ1) is 20.6. The van der Waals surface area contributed by atoms with E-state index in [9.17, 15) is 22.4 Å². The number of nitrogens with two attached hydrogens (primary N) is 1. The monoisotopic (exact) mass is 431 g/mol. The van der Waals surface area contributed by atoms with E-state index in [1.165, 1.54) is 28.3 Å². The molecule has 2 amide bonds. The first-order valence-corrected chi connectivity index (χ1v) is 9.32. The average Bonchev–Trinajstić information content (AvgIpc) is 3.15. The third kappa shape index (κ3) is 4.00. The van der Waals surface area contributed by atoms with Gasteiger partial charge in [-0.15, -0.1) is 0 Å². The van der Waals surface area contributed by atoms with Crippen molar-refractivity contribution in [3.05, 3.63) is 70.0 Å². The van der Waals surface area contributed by atoms with Crippen LogP contribution in [-0.2, 0) is 0 Å². The highest BCUT2D eigenvalue weighted by Crippen LogP contribution is 2.32. The fraction of sp³-hybridized carbons (Fsp3) is 0.190. The van der Waals surface area contributed by atoms with E-state index in [1.807, 2.05) is 0 Å². The molecular weight excluding hydrogens is 414 g/mol. The highest BCUT2D eigenvalue weighted by molar-refractivity contribution is 5.96. The van der Waals surface area contributed by atoms with Gasteiger partial charge < -0.3 is 10.6 Å². The molecule has 1 saturated heterocycles. The van der Waals surface area contributed by atoms with E-state index in [2.05, 4.69) is 5.10 Å². The Morgan fingerprint density at radius 3 is 2.45 bits per heavy atom. The third-order valence-corrected chi connectivity index (χ3v) is 5.12. The van der Waals surface area contributed by atoms with Gasteiger partial charge in [-0.2, -0.15) is 9.49 Å². The van der Waals surface area contributed by atoms with Gasteiger partial charge in [0, 0.05) is 43.0 Å². The molecule has 0 saturated carbocycles. The van der Waals surface area contributed by atoms with Gasteiger partial charge in [-0.25, -0.2) is 23.0 Å². The Hall–Kier alpha value is -3.69. The molecule has 0 spiro atoms. The topological polar surface area (TPSA) is 85.8 Å². The van der Waals surface area contributed by atoms with E-state index in [4.69, 9.17) is 11.1 Å². The molecule has 10 heteroatoms. The predicted molar refractivity (Wildman–Crippen MR) is 108 cm³/mol. The molecule has 3 N–H and O–H groups in total. The van der Waals surface area contributed by atoms with Crippen LogP contribution in [0.4, 0.5) is 28.0 Å². The quantitative estimate of drug-likeness (QED) is 0.433. The second-order valence-electron chi connectivity index (χ2n) is 7.31. The van der Waals surface area contributed by atoms with E-state index in [0.29, 0.717) is 12.0 Å². The van der Waals surface area contributed by atoms with E-state index in [1.54, 1.807) is 0 Å². The van der Waals surface area contributed by atoms with Gasteiger partial charge in [0.05, 0.1) is 11.6 Å². The number of amides is 2. The molecule has 2 aromatic rings. The smallest absolute Gasteiger partial charge is 0.341 e. The zero-order chi connectivity index (χ0) is 22.3. The lowest BCUT2D eigenvalue weighted by Gasteiger charge is -2.37. The molecule has 0 aromatic heterocycles. The van der Waals surface area contributed by atoms with Crippen LogP contribution in [0, 0.1) is 22.9 Å². The standard InChI is InChI=1S/C21H17F4N5O/c22-14-4-13(5-15(23)7-14)19-1-2-28-30(19)21(31)29-9-11(10-29)3-12-6-18(26)16(20(25)27)8-17(12)24/h2-8,19,27H,1,9-10,26H2/t19-/m0/s1. The normalized spacial score (nSPS) is 17.7. The lowest BCUT2D eigenvalue weighted by atomic mass is 10.0. The Balaban J connectivity index is 1.46. The molecule has 2 aliphatic rings. The maximum Gasteiger partial charge on any atom is 0.341 e. The van der Waals surface area contributed by atoms with Crippen molar-refractivity contribution in [2.24, 2.45) is 5.10 Å². The first-order chi connectivity index (χ1) is 14.7. The highest BCUT2D eigenvalue weighted by atomic mass is 19.1. The summed E-state index contributed by atoms with van der Waals surface area (Å²) in [6.07, 6.45) is 3.34. The number of likely N-dealkylation sites (tertiary alicyclic amines) is 1. The van der Waals surface area contributed by atoms with Crippen LogP contribution in [0.15, 0.2) is 41.0 Å². The highest BCUT2D eigenvalue weighted by Gasteiger charge is 2.35. The van der Waals surface area contributed by atoms with Gasteiger partial charge in [-0.1, -0.05) is 0 Å². The minimum absolute atomic E-state index is 0.0652. The van der Waals surface area contributed by atoms with E-state index in [0.717, 1.165) is 29.8 Å². The molecule has 0 radical (unpaired) electrons. The van der Waals surface area contributed by atoms with Gasteiger partial charge in [0.25, 0.3) is 0 Å². The Morgan fingerprint density at radius 2 is 1.81 bits per heavy atom. The molecule has 1 atom stereocenters. The van der Waals surface area contributed by atoms with Crippen LogP contribution in [-0.4, -0.2) is 41.2 Å². The molecule has 2 heterocycles. The molecule has 0 aliphatic carbocycles. The van der Waals surface area contributed by atoms with Crippen LogP contribution in [0.2, 0.25) is 0 Å². The average molecular weight is 431 g/mol. The number of nitrogens with zero attached hydrogens (tertiary/aromatic N) is 3. The van der Waals surface area contributed by atoms with Gasteiger partial charge in [-0.05, 0) is 41.5 Å². The number of urea groups is 1. The largest absolute Gasteiger partial charge is 0.398 e. The molecule has 0 bridgehead atoms. The number of anilines is 1. The number of carbonyl (C=O) groups is 1. The van der Waals surface area contributed by atoms with Crippen molar-refractivity contribution < 1.29 is 22.4 Å². The van der Waals surface area contributed by atoms with E-state index >= 15 is 0 Å². The van der Waals surface area contributed by atoms with Crippen molar-refractivity contribution >= 4 is 30.0 Å². The summed E-state index contributed by atoms with van der Waals surface area (Å²) in [7, 11) is 0. The van der Waals surface area contributed by atoms with Crippen molar-refractivity contribution in [1.29, 1.82) is 5.41 Å². The number of hydrogen-bond donors (Lipinski definition) is 2. The predicted octanol–water partition coefficient (Wildman–Crippen LogP) is 4.23. The summed E-state index contributed by atoms with van der Waals surface area (Å²) < 4.78 is 54.4. The maximum atomic E-state index is 14.2.